The van der Waals surface area contributed by atoms with Crippen molar-refractivity contribution in [2.75, 3.05) is 0 Å². The van der Waals surface area contributed by atoms with Gasteiger partial charge in [-0.15, -0.1) is 0 Å². The van der Waals surface area contributed by atoms with Crippen LogP contribution in [-0.2, 0) is 5.54 Å². The summed E-state index contributed by atoms with van der Waals surface area (Å²) in [5, 5.41) is 9.63. The molecule has 0 aliphatic heterocycles. The number of halogens is 1. The van der Waals surface area contributed by atoms with Gasteiger partial charge in [0, 0.05) is 5.54 Å². The Balaban J connectivity index is 3.14. The van der Waals surface area contributed by atoms with E-state index in [1.54, 1.807) is 12.1 Å². The molecule has 0 unspecified atom stereocenters. The van der Waals surface area contributed by atoms with Gasteiger partial charge in [-0.25, -0.2) is 0 Å². The number of nitrogens with two attached hydrogens (primary N) is 1. The van der Waals surface area contributed by atoms with Gasteiger partial charge in [0.25, 0.3) is 0 Å². The Hall–Kier alpha value is -0.730. The molecule has 0 bridgehead atoms. The van der Waals surface area contributed by atoms with Gasteiger partial charge in [0.05, 0.1) is 5.02 Å². The Morgan fingerprint density at radius 2 is 2.00 bits per heavy atom. The lowest BCUT2D eigenvalue weighted by molar-refractivity contribution is 0.469. The van der Waals surface area contributed by atoms with Crippen LogP contribution in [0.1, 0.15) is 19.4 Å². The van der Waals surface area contributed by atoms with Crippen molar-refractivity contribution < 1.29 is 5.11 Å². The Bertz CT molecular complexity index is 291. The van der Waals surface area contributed by atoms with Crippen molar-refractivity contribution >= 4 is 11.6 Å². The van der Waals surface area contributed by atoms with Gasteiger partial charge in [0.15, 0.2) is 0 Å². The second-order valence-electron chi connectivity index (χ2n) is 3.39. The van der Waals surface area contributed by atoms with Gasteiger partial charge in [-0.05, 0) is 31.5 Å². The number of aromatic hydroxyl groups is 1. The molecule has 0 aliphatic carbocycles. The van der Waals surface area contributed by atoms with Gasteiger partial charge in [0.2, 0.25) is 0 Å². The van der Waals surface area contributed by atoms with Crippen LogP contribution in [0.4, 0.5) is 0 Å². The molecule has 1 rings (SSSR count). The van der Waals surface area contributed by atoms with Gasteiger partial charge in [0.1, 0.15) is 5.75 Å². The van der Waals surface area contributed by atoms with Crippen molar-refractivity contribution in [3.63, 3.8) is 0 Å². The lowest BCUT2D eigenvalue weighted by Crippen LogP contribution is -2.28. The molecular formula is C9H12ClNO. The number of hydrogen-bond acceptors (Lipinski definition) is 2. The molecule has 1 aromatic rings. The highest BCUT2D eigenvalue weighted by molar-refractivity contribution is 6.32. The molecule has 0 spiro atoms. The molecule has 0 amide bonds. The van der Waals surface area contributed by atoms with E-state index in [1.165, 1.54) is 0 Å². The first-order valence-electron chi connectivity index (χ1n) is 3.69. The fourth-order valence-electron chi connectivity index (χ4n) is 0.913. The van der Waals surface area contributed by atoms with Crippen LogP contribution >= 0.6 is 11.6 Å². The first kappa shape index (κ1) is 9.36. The number of rotatable bonds is 1. The van der Waals surface area contributed by atoms with Gasteiger partial charge in [-0.2, -0.15) is 0 Å². The molecule has 0 aliphatic rings. The summed E-state index contributed by atoms with van der Waals surface area (Å²) in [6.07, 6.45) is 0. The summed E-state index contributed by atoms with van der Waals surface area (Å²) in [7, 11) is 0. The van der Waals surface area contributed by atoms with Crippen LogP contribution in [0.3, 0.4) is 0 Å². The first-order chi connectivity index (χ1) is 5.41. The average Bonchev–Trinajstić information content (AvgIpc) is 1.92. The van der Waals surface area contributed by atoms with Crippen LogP contribution in [0.2, 0.25) is 5.02 Å². The summed E-state index contributed by atoms with van der Waals surface area (Å²) in [6.45, 7) is 3.74. The predicted molar refractivity (Wildman–Crippen MR) is 50.3 cm³/mol. The van der Waals surface area contributed by atoms with Crippen LogP contribution < -0.4 is 5.73 Å². The number of hydrogen-bond donors (Lipinski definition) is 2. The summed E-state index contributed by atoms with van der Waals surface area (Å²) < 4.78 is 0. The minimum absolute atomic E-state index is 0.0766. The number of phenolic OH excluding ortho intramolecular Hbond substituents is 1. The minimum Gasteiger partial charge on any atom is -0.506 e. The molecule has 0 saturated heterocycles. The van der Waals surface area contributed by atoms with E-state index < -0.39 is 5.54 Å². The SMILES string of the molecule is CC(C)(N)c1ccc(Cl)c(O)c1. The molecule has 12 heavy (non-hydrogen) atoms. The van der Waals surface area contributed by atoms with Crippen LogP contribution in [0.15, 0.2) is 18.2 Å². The Kier molecular flexibility index (Phi) is 2.31. The van der Waals surface area contributed by atoms with Crippen molar-refractivity contribution in [1.29, 1.82) is 0 Å². The highest BCUT2D eigenvalue weighted by Crippen LogP contribution is 2.27. The van der Waals surface area contributed by atoms with E-state index >= 15 is 0 Å². The van der Waals surface area contributed by atoms with E-state index in [-0.39, 0.29) is 5.75 Å². The maximum Gasteiger partial charge on any atom is 0.134 e. The van der Waals surface area contributed by atoms with E-state index in [0.717, 1.165) is 5.56 Å². The maximum atomic E-state index is 9.28. The molecule has 3 heteroatoms. The van der Waals surface area contributed by atoms with E-state index in [2.05, 4.69) is 0 Å². The second kappa shape index (κ2) is 2.96. The Morgan fingerprint density at radius 3 is 2.42 bits per heavy atom. The maximum absolute atomic E-state index is 9.28. The van der Waals surface area contributed by atoms with E-state index in [1.807, 2.05) is 19.9 Å². The van der Waals surface area contributed by atoms with Gasteiger partial charge >= 0.3 is 0 Å². The third kappa shape index (κ3) is 1.90. The summed E-state index contributed by atoms with van der Waals surface area (Å²) in [4.78, 5) is 0. The van der Waals surface area contributed by atoms with E-state index in [9.17, 15) is 5.11 Å². The van der Waals surface area contributed by atoms with Crippen molar-refractivity contribution in [1.82, 2.24) is 0 Å². The standard InChI is InChI=1S/C9H12ClNO/c1-9(2,11)6-3-4-7(10)8(12)5-6/h3-5,12H,11H2,1-2H3. The van der Waals surface area contributed by atoms with Crippen molar-refractivity contribution in [2.24, 2.45) is 5.73 Å². The molecule has 0 saturated carbocycles. The summed E-state index contributed by atoms with van der Waals surface area (Å²) in [5.74, 6) is 0.0766. The number of phenols is 1. The molecule has 1 aromatic carbocycles. The Labute approximate surface area is 77.0 Å². The third-order valence-corrected chi connectivity index (χ3v) is 2.01. The predicted octanol–water partition coefficient (Wildman–Crippen LogP) is 2.24. The molecule has 0 heterocycles. The van der Waals surface area contributed by atoms with Crippen molar-refractivity contribution in [3.8, 4) is 5.75 Å². The average molecular weight is 186 g/mol. The fraction of sp³-hybridized carbons (Fsp3) is 0.333. The van der Waals surface area contributed by atoms with Crippen LogP contribution in [0, 0.1) is 0 Å². The molecular weight excluding hydrogens is 174 g/mol. The van der Waals surface area contributed by atoms with E-state index in [0.29, 0.717) is 5.02 Å². The molecule has 3 N–H and O–H groups in total. The van der Waals surface area contributed by atoms with Crippen LogP contribution in [0.5, 0.6) is 5.75 Å². The summed E-state index contributed by atoms with van der Waals surface area (Å²) in [5.41, 5.74) is 6.24. The quantitative estimate of drug-likeness (QED) is 0.705. The highest BCUT2D eigenvalue weighted by Gasteiger charge is 2.14. The largest absolute Gasteiger partial charge is 0.506 e. The number of benzene rings is 1. The topological polar surface area (TPSA) is 46.2 Å². The minimum atomic E-state index is -0.442. The zero-order chi connectivity index (χ0) is 9.35. The third-order valence-electron chi connectivity index (χ3n) is 1.69. The summed E-state index contributed by atoms with van der Waals surface area (Å²) in [6, 6.07) is 5.03. The lowest BCUT2D eigenvalue weighted by Gasteiger charge is -2.19. The lowest BCUT2D eigenvalue weighted by atomic mass is 9.96. The van der Waals surface area contributed by atoms with Gasteiger partial charge in [-0.1, -0.05) is 17.7 Å². The zero-order valence-electron chi connectivity index (χ0n) is 7.13. The molecule has 2 nitrogen and oxygen atoms in total. The molecule has 0 fully saturated rings. The highest BCUT2D eigenvalue weighted by atomic mass is 35.5. The summed E-state index contributed by atoms with van der Waals surface area (Å²) >= 11 is 5.64. The van der Waals surface area contributed by atoms with Crippen molar-refractivity contribution in [2.45, 2.75) is 19.4 Å². The molecule has 0 atom stereocenters. The van der Waals surface area contributed by atoms with Crippen molar-refractivity contribution in [3.05, 3.63) is 28.8 Å². The first-order valence-corrected chi connectivity index (χ1v) is 4.07. The molecule has 0 aromatic heterocycles. The van der Waals surface area contributed by atoms with Gasteiger partial charge < -0.3 is 10.8 Å². The molecule has 0 radical (unpaired) electrons. The fourth-order valence-corrected chi connectivity index (χ4v) is 1.03. The zero-order valence-corrected chi connectivity index (χ0v) is 7.89. The Morgan fingerprint density at radius 1 is 1.42 bits per heavy atom. The van der Waals surface area contributed by atoms with Gasteiger partial charge in [-0.3, -0.25) is 0 Å². The molecule has 66 valence electrons. The van der Waals surface area contributed by atoms with Crippen LogP contribution in [0.25, 0.3) is 0 Å². The second-order valence-corrected chi connectivity index (χ2v) is 3.80. The smallest absolute Gasteiger partial charge is 0.134 e. The normalized spacial score (nSPS) is 11.7. The monoisotopic (exact) mass is 185 g/mol. The van der Waals surface area contributed by atoms with E-state index in [4.69, 9.17) is 17.3 Å². The van der Waals surface area contributed by atoms with Crippen LogP contribution in [-0.4, -0.2) is 5.11 Å².